The smallest absolute Gasteiger partial charge is 0.134 e. The average Bonchev–Trinajstić information content (AvgIpc) is 3.25. The van der Waals surface area contributed by atoms with Crippen molar-refractivity contribution in [2.24, 2.45) is 0 Å². The fourth-order valence-electron chi connectivity index (χ4n) is 3.03. The summed E-state index contributed by atoms with van der Waals surface area (Å²) in [4.78, 5) is 10.4. The number of para-hydroxylation sites is 1. The van der Waals surface area contributed by atoms with Crippen molar-refractivity contribution in [1.82, 2.24) is 15.8 Å². The van der Waals surface area contributed by atoms with Crippen LogP contribution in [0.3, 0.4) is 0 Å². The predicted octanol–water partition coefficient (Wildman–Crippen LogP) is 2.93. The molecule has 0 spiro atoms. The van der Waals surface area contributed by atoms with Gasteiger partial charge in [0.25, 0.3) is 0 Å². The largest absolute Gasteiger partial charge is 0.508 e. The maximum atomic E-state index is 9.95. The van der Waals surface area contributed by atoms with Gasteiger partial charge >= 0.3 is 0 Å². The van der Waals surface area contributed by atoms with Gasteiger partial charge in [-0.2, -0.15) is 0 Å². The lowest BCUT2D eigenvalue weighted by atomic mass is 9.99. The summed E-state index contributed by atoms with van der Waals surface area (Å²) in [5, 5.41) is 16.6. The third-order valence-electron chi connectivity index (χ3n) is 4.34. The second-order valence-electron chi connectivity index (χ2n) is 5.87. The summed E-state index contributed by atoms with van der Waals surface area (Å²) in [5.74, 6) is 0.803. The van der Waals surface area contributed by atoms with E-state index >= 15 is 0 Å². The van der Waals surface area contributed by atoms with E-state index in [1.165, 1.54) is 5.01 Å². The van der Waals surface area contributed by atoms with Gasteiger partial charge in [-0.05, 0) is 38.1 Å². The highest BCUT2D eigenvalue weighted by atomic mass is 32.1. The Bertz CT molecular complexity index is 722. The maximum Gasteiger partial charge on any atom is 0.134 e. The zero-order chi connectivity index (χ0) is 15.6. The first kappa shape index (κ1) is 14.7. The van der Waals surface area contributed by atoms with Crippen molar-refractivity contribution in [2.75, 3.05) is 13.1 Å². The van der Waals surface area contributed by atoms with E-state index in [4.69, 9.17) is 9.82 Å². The molecule has 1 aromatic heterocycles. The van der Waals surface area contributed by atoms with Crippen LogP contribution in [0.25, 0.3) is 5.70 Å². The van der Waals surface area contributed by atoms with Crippen LogP contribution in [0.1, 0.15) is 41.1 Å². The summed E-state index contributed by atoms with van der Waals surface area (Å²) in [6, 6.07) is 7.23. The molecule has 0 bridgehead atoms. The molecular weight excluding hydrogens is 310 g/mol. The molecule has 1 unspecified atom stereocenters. The Hall–Kier alpha value is -1.89. The van der Waals surface area contributed by atoms with E-state index in [1.54, 1.807) is 23.5 Å². The van der Waals surface area contributed by atoms with E-state index in [0.29, 0.717) is 5.92 Å². The van der Waals surface area contributed by atoms with Gasteiger partial charge in [-0.3, -0.25) is 10.3 Å². The van der Waals surface area contributed by atoms with Crippen LogP contribution in [0, 0.1) is 0 Å². The summed E-state index contributed by atoms with van der Waals surface area (Å²) in [6.45, 7) is 2.14. The van der Waals surface area contributed by atoms with Gasteiger partial charge in [0.1, 0.15) is 11.9 Å². The Morgan fingerprint density at radius 3 is 2.87 bits per heavy atom. The van der Waals surface area contributed by atoms with Crippen LogP contribution in [0.2, 0.25) is 0 Å². The second-order valence-corrected chi connectivity index (χ2v) is 6.76. The Morgan fingerprint density at radius 1 is 1.22 bits per heavy atom. The summed E-state index contributed by atoms with van der Waals surface area (Å²) < 4.78 is 0. The number of hydroxylamine groups is 1. The minimum atomic E-state index is -0.296. The molecule has 3 heterocycles. The first-order chi connectivity index (χ1) is 11.3. The number of hydrogen-bond acceptors (Lipinski definition) is 6. The lowest BCUT2D eigenvalue weighted by Crippen LogP contribution is -2.26. The quantitative estimate of drug-likeness (QED) is 0.808. The molecule has 0 radical (unpaired) electrons. The Kier molecular flexibility index (Phi) is 4.03. The average molecular weight is 329 g/mol. The normalized spacial score (nSPS) is 21.9. The first-order valence-corrected chi connectivity index (χ1v) is 8.77. The molecule has 3 N–H and O–H groups in total. The van der Waals surface area contributed by atoms with E-state index in [-0.39, 0.29) is 11.9 Å². The Balaban J connectivity index is 1.54. The first-order valence-electron chi connectivity index (χ1n) is 7.89. The molecule has 5 nitrogen and oxygen atoms in total. The molecule has 23 heavy (non-hydrogen) atoms. The highest BCUT2D eigenvalue weighted by Gasteiger charge is 2.24. The third-order valence-corrected chi connectivity index (χ3v) is 5.35. The molecule has 0 saturated carbocycles. The molecule has 2 aromatic rings. The molecule has 1 aromatic carbocycles. The summed E-state index contributed by atoms with van der Waals surface area (Å²) in [6.07, 6.45) is 3.97. The molecule has 4 rings (SSSR count). The minimum absolute atomic E-state index is 0.241. The highest BCUT2D eigenvalue weighted by molar-refractivity contribution is 7.09. The topological polar surface area (TPSA) is 66.4 Å². The van der Waals surface area contributed by atoms with Crippen molar-refractivity contribution in [3.8, 4) is 5.75 Å². The fraction of sp³-hybridized carbons (Fsp3) is 0.353. The van der Waals surface area contributed by atoms with Gasteiger partial charge in [-0.1, -0.05) is 18.2 Å². The van der Waals surface area contributed by atoms with Gasteiger partial charge in [0.05, 0.1) is 16.4 Å². The van der Waals surface area contributed by atoms with Crippen molar-refractivity contribution in [1.29, 1.82) is 0 Å². The fourth-order valence-corrected chi connectivity index (χ4v) is 4.02. The molecule has 0 amide bonds. The van der Waals surface area contributed by atoms with E-state index in [9.17, 15) is 5.11 Å². The SMILES string of the molecule is Oc1ccccc1C1C=C(c2csc(C3CCNCC3)n2)NO1. The molecule has 1 atom stereocenters. The third kappa shape index (κ3) is 2.97. The highest BCUT2D eigenvalue weighted by Crippen LogP contribution is 2.35. The van der Waals surface area contributed by atoms with Gasteiger partial charge in [0.2, 0.25) is 0 Å². The zero-order valence-corrected chi connectivity index (χ0v) is 13.5. The van der Waals surface area contributed by atoms with Crippen LogP contribution < -0.4 is 10.8 Å². The molecule has 6 heteroatoms. The molecule has 0 aliphatic carbocycles. The standard InChI is InChI=1S/C17H19N3O2S/c21-15-4-2-1-3-12(15)16-9-13(20-22-16)14-10-23-17(19-14)11-5-7-18-8-6-11/h1-4,9-11,16,18,20-21H,5-8H2. The van der Waals surface area contributed by atoms with Crippen molar-refractivity contribution in [2.45, 2.75) is 24.9 Å². The number of benzene rings is 1. The van der Waals surface area contributed by atoms with Gasteiger partial charge in [-0.25, -0.2) is 4.98 Å². The number of aromatic hydroxyl groups is 1. The van der Waals surface area contributed by atoms with Crippen molar-refractivity contribution < 1.29 is 9.94 Å². The van der Waals surface area contributed by atoms with E-state index in [2.05, 4.69) is 16.2 Å². The van der Waals surface area contributed by atoms with E-state index < -0.39 is 0 Å². The van der Waals surface area contributed by atoms with Crippen LogP contribution in [0.15, 0.2) is 35.7 Å². The number of phenols is 1. The van der Waals surface area contributed by atoms with Gasteiger partial charge in [0, 0.05) is 16.9 Å². The molecule has 1 fully saturated rings. The lowest BCUT2D eigenvalue weighted by Gasteiger charge is -2.20. The molecular formula is C17H19N3O2S. The molecule has 2 aliphatic heterocycles. The minimum Gasteiger partial charge on any atom is -0.508 e. The van der Waals surface area contributed by atoms with Crippen LogP contribution in [0.4, 0.5) is 0 Å². The maximum absolute atomic E-state index is 9.95. The Morgan fingerprint density at radius 2 is 2.04 bits per heavy atom. The number of piperidine rings is 1. The predicted molar refractivity (Wildman–Crippen MR) is 90.0 cm³/mol. The van der Waals surface area contributed by atoms with Crippen molar-refractivity contribution in [3.05, 3.63) is 52.0 Å². The lowest BCUT2D eigenvalue weighted by molar-refractivity contribution is 0.0496. The second kappa shape index (κ2) is 6.31. The number of nitrogens with one attached hydrogen (secondary N) is 2. The summed E-state index contributed by atoms with van der Waals surface area (Å²) in [7, 11) is 0. The number of aromatic nitrogens is 1. The molecule has 1 saturated heterocycles. The van der Waals surface area contributed by atoms with E-state index in [1.807, 2.05) is 18.2 Å². The van der Waals surface area contributed by atoms with Crippen LogP contribution in [-0.4, -0.2) is 23.2 Å². The number of rotatable bonds is 3. The van der Waals surface area contributed by atoms with Gasteiger partial charge in [-0.15, -0.1) is 11.3 Å². The monoisotopic (exact) mass is 329 g/mol. The number of nitrogens with zero attached hydrogens (tertiary/aromatic N) is 1. The van der Waals surface area contributed by atoms with Crippen LogP contribution >= 0.6 is 11.3 Å². The van der Waals surface area contributed by atoms with E-state index in [0.717, 1.165) is 42.9 Å². The van der Waals surface area contributed by atoms with Crippen LogP contribution in [-0.2, 0) is 4.84 Å². The Labute approximate surface area is 139 Å². The van der Waals surface area contributed by atoms with Gasteiger partial charge in [0.15, 0.2) is 0 Å². The number of thiazole rings is 1. The van der Waals surface area contributed by atoms with Crippen molar-refractivity contribution in [3.63, 3.8) is 0 Å². The summed E-state index contributed by atoms with van der Waals surface area (Å²) in [5.41, 5.74) is 5.49. The van der Waals surface area contributed by atoms with Gasteiger partial charge < -0.3 is 10.4 Å². The van der Waals surface area contributed by atoms with Crippen LogP contribution in [0.5, 0.6) is 5.75 Å². The number of phenolic OH excluding ortho intramolecular Hbond substituents is 1. The summed E-state index contributed by atoms with van der Waals surface area (Å²) >= 11 is 1.72. The molecule has 2 aliphatic rings. The molecule has 120 valence electrons. The number of hydrogen-bond donors (Lipinski definition) is 3. The zero-order valence-electron chi connectivity index (χ0n) is 12.7. The van der Waals surface area contributed by atoms with Crippen molar-refractivity contribution >= 4 is 17.0 Å².